The molecule has 1 aromatic carbocycles. The Morgan fingerprint density at radius 3 is 3.00 bits per heavy atom. The van der Waals surface area contributed by atoms with Crippen molar-refractivity contribution in [2.45, 2.75) is 18.8 Å². The van der Waals surface area contributed by atoms with Gasteiger partial charge in [-0.25, -0.2) is 9.97 Å². The highest BCUT2D eigenvalue weighted by Crippen LogP contribution is 2.28. The second-order valence-electron chi connectivity index (χ2n) is 6.50. The Labute approximate surface area is 156 Å². The summed E-state index contributed by atoms with van der Waals surface area (Å²) in [5.41, 5.74) is 1.69. The maximum absolute atomic E-state index is 12.3. The van der Waals surface area contributed by atoms with Crippen LogP contribution in [0.2, 0.25) is 5.02 Å². The predicted octanol–water partition coefficient (Wildman–Crippen LogP) is 3.69. The highest BCUT2D eigenvalue weighted by Gasteiger charge is 2.26. The fourth-order valence-electron chi connectivity index (χ4n) is 3.30. The fourth-order valence-corrected chi connectivity index (χ4v) is 3.41. The highest BCUT2D eigenvalue weighted by atomic mass is 35.5. The Bertz CT molecular complexity index is 876. The van der Waals surface area contributed by atoms with Crippen molar-refractivity contribution in [3.05, 3.63) is 53.5 Å². The molecule has 3 heterocycles. The lowest BCUT2D eigenvalue weighted by Crippen LogP contribution is -2.39. The van der Waals surface area contributed by atoms with Crippen LogP contribution in [0.1, 0.15) is 24.7 Å². The Morgan fingerprint density at radius 1 is 1.31 bits per heavy atom. The molecule has 0 bridgehead atoms. The number of carbonyl (C=O) groups excluding carboxylic acids is 1. The number of hydrogen-bond acceptors (Lipinski definition) is 5. The summed E-state index contributed by atoms with van der Waals surface area (Å²) < 4.78 is 5.91. The summed E-state index contributed by atoms with van der Waals surface area (Å²) in [5.74, 6) is 1.39. The number of piperidine rings is 1. The van der Waals surface area contributed by atoms with E-state index < -0.39 is 0 Å². The van der Waals surface area contributed by atoms with Crippen LogP contribution in [0.4, 0.5) is 5.82 Å². The number of benzene rings is 1. The van der Waals surface area contributed by atoms with Gasteiger partial charge in [0.05, 0.1) is 11.6 Å². The number of aromatic nitrogens is 2. The topological polar surface area (TPSA) is 71.3 Å². The van der Waals surface area contributed by atoms with Gasteiger partial charge < -0.3 is 9.73 Å². The van der Waals surface area contributed by atoms with Gasteiger partial charge in [-0.2, -0.15) is 0 Å². The van der Waals surface area contributed by atoms with Gasteiger partial charge >= 0.3 is 0 Å². The van der Waals surface area contributed by atoms with E-state index in [1.165, 1.54) is 6.20 Å². The molecule has 7 heteroatoms. The zero-order chi connectivity index (χ0) is 17.9. The van der Waals surface area contributed by atoms with Crippen molar-refractivity contribution in [1.82, 2.24) is 14.9 Å². The molecule has 1 aliphatic heterocycles. The Balaban J connectivity index is 1.38. The van der Waals surface area contributed by atoms with E-state index in [2.05, 4.69) is 20.2 Å². The molecule has 1 amide bonds. The van der Waals surface area contributed by atoms with Crippen molar-refractivity contribution in [2.24, 2.45) is 0 Å². The quantitative estimate of drug-likeness (QED) is 0.758. The number of likely N-dealkylation sites (tertiary alicyclic amines) is 1. The third-order valence-electron chi connectivity index (χ3n) is 4.53. The van der Waals surface area contributed by atoms with Crippen molar-refractivity contribution < 1.29 is 9.21 Å². The number of amides is 1. The molecule has 1 N–H and O–H groups in total. The van der Waals surface area contributed by atoms with E-state index in [1.54, 1.807) is 12.1 Å². The number of pyridine rings is 1. The normalized spacial score (nSPS) is 18.1. The van der Waals surface area contributed by atoms with E-state index in [0.29, 0.717) is 17.4 Å². The van der Waals surface area contributed by atoms with Crippen LogP contribution in [0.15, 0.2) is 47.0 Å². The summed E-state index contributed by atoms with van der Waals surface area (Å²) in [6.07, 6.45) is 3.54. The van der Waals surface area contributed by atoms with Crippen LogP contribution in [-0.4, -0.2) is 40.4 Å². The van der Waals surface area contributed by atoms with Gasteiger partial charge in [0, 0.05) is 18.7 Å². The molecule has 4 rings (SSSR count). The van der Waals surface area contributed by atoms with E-state index in [1.807, 2.05) is 24.3 Å². The van der Waals surface area contributed by atoms with Crippen LogP contribution < -0.4 is 5.32 Å². The van der Waals surface area contributed by atoms with Gasteiger partial charge in [0.15, 0.2) is 11.5 Å². The second kappa shape index (κ2) is 7.43. The summed E-state index contributed by atoms with van der Waals surface area (Å²) in [4.78, 5) is 23.1. The first kappa shape index (κ1) is 17.0. The molecule has 0 saturated carbocycles. The van der Waals surface area contributed by atoms with E-state index in [4.69, 9.17) is 16.0 Å². The molecule has 134 valence electrons. The van der Waals surface area contributed by atoms with Crippen LogP contribution >= 0.6 is 11.6 Å². The number of nitrogens with one attached hydrogen (secondary N) is 1. The number of rotatable bonds is 4. The lowest BCUT2D eigenvalue weighted by atomic mass is 9.98. The van der Waals surface area contributed by atoms with E-state index in [0.717, 1.165) is 42.9 Å². The minimum Gasteiger partial charge on any atom is -0.440 e. The zero-order valence-electron chi connectivity index (χ0n) is 14.2. The SMILES string of the molecule is O=C(CN1CCCC(c2nc3ccccc3o2)C1)Nc1ccc(Cl)cn1. The monoisotopic (exact) mass is 370 g/mol. The van der Waals surface area contributed by atoms with E-state index in [-0.39, 0.29) is 11.8 Å². The van der Waals surface area contributed by atoms with Crippen molar-refractivity contribution in [3.63, 3.8) is 0 Å². The number of oxazole rings is 1. The molecule has 1 aliphatic rings. The van der Waals surface area contributed by atoms with Gasteiger partial charge in [0.1, 0.15) is 11.3 Å². The molecule has 0 aliphatic carbocycles. The summed E-state index contributed by atoms with van der Waals surface area (Å²) in [6, 6.07) is 11.2. The summed E-state index contributed by atoms with van der Waals surface area (Å²) in [7, 11) is 0. The molecule has 26 heavy (non-hydrogen) atoms. The van der Waals surface area contributed by atoms with Crippen molar-refractivity contribution in [3.8, 4) is 0 Å². The van der Waals surface area contributed by atoms with Gasteiger partial charge in [0.2, 0.25) is 5.91 Å². The smallest absolute Gasteiger partial charge is 0.239 e. The van der Waals surface area contributed by atoms with Crippen molar-refractivity contribution in [2.75, 3.05) is 25.0 Å². The molecule has 1 unspecified atom stereocenters. The van der Waals surface area contributed by atoms with Gasteiger partial charge in [0.25, 0.3) is 0 Å². The zero-order valence-corrected chi connectivity index (χ0v) is 14.9. The average Bonchev–Trinajstić information content (AvgIpc) is 3.08. The fraction of sp³-hybridized carbons (Fsp3) is 0.316. The lowest BCUT2D eigenvalue weighted by Gasteiger charge is -2.30. The first-order valence-electron chi connectivity index (χ1n) is 8.66. The minimum absolute atomic E-state index is 0.0852. The molecular weight excluding hydrogens is 352 g/mol. The summed E-state index contributed by atoms with van der Waals surface area (Å²) >= 11 is 5.81. The number of carbonyl (C=O) groups is 1. The molecule has 1 fully saturated rings. The highest BCUT2D eigenvalue weighted by molar-refractivity contribution is 6.30. The first-order valence-corrected chi connectivity index (χ1v) is 9.04. The Kier molecular flexibility index (Phi) is 4.86. The number of halogens is 1. The van der Waals surface area contributed by atoms with E-state index >= 15 is 0 Å². The van der Waals surface area contributed by atoms with Crippen LogP contribution in [0.5, 0.6) is 0 Å². The maximum Gasteiger partial charge on any atom is 0.239 e. The maximum atomic E-state index is 12.3. The minimum atomic E-state index is -0.0852. The number of anilines is 1. The number of nitrogens with zero attached hydrogens (tertiary/aromatic N) is 3. The Morgan fingerprint density at radius 2 is 2.19 bits per heavy atom. The molecule has 0 radical (unpaired) electrons. The summed E-state index contributed by atoms with van der Waals surface area (Å²) in [6.45, 7) is 1.97. The number of para-hydroxylation sites is 2. The average molecular weight is 371 g/mol. The van der Waals surface area contributed by atoms with Crippen LogP contribution in [-0.2, 0) is 4.79 Å². The molecule has 6 nitrogen and oxygen atoms in total. The second-order valence-corrected chi connectivity index (χ2v) is 6.94. The standard InChI is InChI=1S/C19H19ClN4O2/c20-14-7-8-17(21-10-14)23-18(25)12-24-9-3-4-13(11-24)19-22-15-5-1-2-6-16(15)26-19/h1-2,5-8,10,13H,3-4,9,11-12H2,(H,21,23,25). The molecule has 1 atom stereocenters. The molecule has 0 spiro atoms. The third kappa shape index (κ3) is 3.86. The van der Waals surface area contributed by atoms with Gasteiger partial charge in [-0.3, -0.25) is 9.69 Å². The third-order valence-corrected chi connectivity index (χ3v) is 4.75. The van der Waals surface area contributed by atoms with Crippen LogP contribution in [0, 0.1) is 0 Å². The van der Waals surface area contributed by atoms with Crippen LogP contribution in [0.25, 0.3) is 11.1 Å². The molecular formula is C19H19ClN4O2. The number of fused-ring (bicyclic) bond motifs is 1. The van der Waals surface area contributed by atoms with Gasteiger partial charge in [-0.15, -0.1) is 0 Å². The molecule has 3 aromatic rings. The predicted molar refractivity (Wildman–Crippen MR) is 100 cm³/mol. The molecule has 1 saturated heterocycles. The largest absolute Gasteiger partial charge is 0.440 e. The first-order chi connectivity index (χ1) is 12.7. The number of hydrogen-bond donors (Lipinski definition) is 1. The van der Waals surface area contributed by atoms with E-state index in [9.17, 15) is 4.79 Å². The Hall–Kier alpha value is -2.44. The molecule has 2 aromatic heterocycles. The van der Waals surface area contributed by atoms with Gasteiger partial charge in [-0.05, 0) is 43.7 Å². The van der Waals surface area contributed by atoms with Crippen molar-refractivity contribution in [1.29, 1.82) is 0 Å². The van der Waals surface area contributed by atoms with Crippen LogP contribution in [0.3, 0.4) is 0 Å². The summed E-state index contributed by atoms with van der Waals surface area (Å²) in [5, 5.41) is 3.34. The van der Waals surface area contributed by atoms with Gasteiger partial charge in [-0.1, -0.05) is 23.7 Å². The van der Waals surface area contributed by atoms with Crippen molar-refractivity contribution >= 4 is 34.4 Å². The lowest BCUT2D eigenvalue weighted by molar-refractivity contribution is -0.117.